The lowest BCUT2D eigenvalue weighted by atomic mass is 10.0. The van der Waals surface area contributed by atoms with Gasteiger partial charge in [-0.25, -0.2) is 9.07 Å². The predicted molar refractivity (Wildman–Crippen MR) is 112 cm³/mol. The SMILES string of the molecule is COc1ccccc1CN1CCC(NC(=O)c2ccn(-c3ccccc3F)n2)CC1. The lowest BCUT2D eigenvalue weighted by Gasteiger charge is -2.32. The van der Waals surface area contributed by atoms with Crippen molar-refractivity contribution in [3.05, 3.63) is 77.9 Å². The van der Waals surface area contributed by atoms with Crippen molar-refractivity contribution in [1.29, 1.82) is 0 Å². The molecule has 156 valence electrons. The molecular weight excluding hydrogens is 383 g/mol. The normalized spacial score (nSPS) is 15.1. The van der Waals surface area contributed by atoms with Gasteiger partial charge < -0.3 is 10.1 Å². The molecule has 1 saturated heterocycles. The molecule has 0 spiro atoms. The molecule has 4 rings (SSSR count). The van der Waals surface area contributed by atoms with Crippen molar-refractivity contribution < 1.29 is 13.9 Å². The van der Waals surface area contributed by atoms with Gasteiger partial charge in [-0.15, -0.1) is 0 Å². The number of carbonyl (C=O) groups excluding carboxylic acids is 1. The Labute approximate surface area is 175 Å². The molecule has 0 bridgehead atoms. The summed E-state index contributed by atoms with van der Waals surface area (Å²) < 4.78 is 20.7. The number of ether oxygens (including phenoxy) is 1. The summed E-state index contributed by atoms with van der Waals surface area (Å²) in [5.74, 6) is 0.293. The Morgan fingerprint density at radius 3 is 2.63 bits per heavy atom. The van der Waals surface area contributed by atoms with Crippen molar-refractivity contribution in [2.24, 2.45) is 0 Å². The number of nitrogens with one attached hydrogen (secondary N) is 1. The topological polar surface area (TPSA) is 59.4 Å². The fourth-order valence-electron chi connectivity index (χ4n) is 3.79. The van der Waals surface area contributed by atoms with Gasteiger partial charge in [0.1, 0.15) is 17.3 Å². The zero-order valence-electron chi connectivity index (χ0n) is 16.9. The molecule has 0 atom stereocenters. The van der Waals surface area contributed by atoms with Gasteiger partial charge >= 0.3 is 0 Å². The summed E-state index contributed by atoms with van der Waals surface area (Å²) in [6, 6.07) is 16.1. The highest BCUT2D eigenvalue weighted by atomic mass is 19.1. The van der Waals surface area contributed by atoms with E-state index in [1.165, 1.54) is 16.3 Å². The maximum atomic E-state index is 13.9. The third kappa shape index (κ3) is 4.52. The molecule has 2 aromatic carbocycles. The zero-order chi connectivity index (χ0) is 20.9. The maximum absolute atomic E-state index is 13.9. The molecule has 1 aliphatic heterocycles. The number of carbonyl (C=O) groups is 1. The number of amides is 1. The highest BCUT2D eigenvalue weighted by Gasteiger charge is 2.23. The largest absolute Gasteiger partial charge is 0.496 e. The summed E-state index contributed by atoms with van der Waals surface area (Å²) in [7, 11) is 1.69. The Balaban J connectivity index is 1.31. The van der Waals surface area contributed by atoms with Gasteiger partial charge in [-0.05, 0) is 37.1 Å². The molecule has 1 amide bonds. The summed E-state index contributed by atoms with van der Waals surface area (Å²) >= 11 is 0. The molecule has 0 aliphatic carbocycles. The smallest absolute Gasteiger partial charge is 0.272 e. The number of nitrogens with zero attached hydrogens (tertiary/aromatic N) is 3. The third-order valence-electron chi connectivity index (χ3n) is 5.43. The Morgan fingerprint density at radius 1 is 1.13 bits per heavy atom. The first kappa shape index (κ1) is 20.1. The molecule has 1 fully saturated rings. The van der Waals surface area contributed by atoms with E-state index in [1.54, 1.807) is 37.6 Å². The van der Waals surface area contributed by atoms with E-state index in [9.17, 15) is 9.18 Å². The summed E-state index contributed by atoms with van der Waals surface area (Å²) in [5.41, 5.74) is 1.78. The molecular formula is C23H25FN4O2. The summed E-state index contributed by atoms with van der Waals surface area (Å²) in [5, 5.41) is 7.30. The van der Waals surface area contributed by atoms with Crippen LogP contribution in [0.25, 0.3) is 5.69 Å². The molecule has 0 unspecified atom stereocenters. The fourth-order valence-corrected chi connectivity index (χ4v) is 3.79. The van der Waals surface area contributed by atoms with Crippen LogP contribution >= 0.6 is 0 Å². The first-order chi connectivity index (χ1) is 14.6. The second-order valence-corrected chi connectivity index (χ2v) is 7.43. The standard InChI is InChI=1S/C23H25FN4O2/c1-30-22-9-5-2-6-17(22)16-27-13-10-18(11-14-27)25-23(29)20-12-15-28(26-20)21-8-4-3-7-19(21)24/h2-9,12,15,18H,10-11,13-14,16H2,1H3,(H,25,29). The van der Waals surface area contributed by atoms with Crippen molar-refractivity contribution in [3.63, 3.8) is 0 Å². The van der Waals surface area contributed by atoms with Crippen LogP contribution in [0.2, 0.25) is 0 Å². The van der Waals surface area contributed by atoms with Crippen LogP contribution in [-0.4, -0.2) is 46.8 Å². The number of halogens is 1. The molecule has 2 heterocycles. The molecule has 1 aliphatic rings. The molecule has 1 aromatic heterocycles. The average Bonchev–Trinajstić information content (AvgIpc) is 3.26. The van der Waals surface area contributed by atoms with E-state index in [4.69, 9.17) is 4.74 Å². The Morgan fingerprint density at radius 2 is 1.87 bits per heavy atom. The van der Waals surface area contributed by atoms with Crippen LogP contribution in [0.15, 0.2) is 60.8 Å². The molecule has 1 N–H and O–H groups in total. The van der Waals surface area contributed by atoms with Crippen molar-refractivity contribution in [1.82, 2.24) is 20.0 Å². The number of hydrogen-bond acceptors (Lipinski definition) is 4. The van der Waals surface area contributed by atoms with Crippen molar-refractivity contribution in [2.75, 3.05) is 20.2 Å². The molecule has 3 aromatic rings. The number of methoxy groups -OCH3 is 1. The number of rotatable bonds is 6. The van der Waals surface area contributed by atoms with Gasteiger partial charge in [0.15, 0.2) is 5.69 Å². The first-order valence-electron chi connectivity index (χ1n) is 10.1. The number of piperidine rings is 1. The van der Waals surface area contributed by atoms with Crippen LogP contribution in [0, 0.1) is 5.82 Å². The number of aromatic nitrogens is 2. The second-order valence-electron chi connectivity index (χ2n) is 7.43. The van der Waals surface area contributed by atoms with Crippen LogP contribution in [0.4, 0.5) is 4.39 Å². The van der Waals surface area contributed by atoms with Gasteiger partial charge in [-0.3, -0.25) is 9.69 Å². The quantitative estimate of drug-likeness (QED) is 0.679. The van der Waals surface area contributed by atoms with Crippen molar-refractivity contribution in [3.8, 4) is 11.4 Å². The summed E-state index contributed by atoms with van der Waals surface area (Å²) in [6.07, 6.45) is 3.34. The fraction of sp³-hybridized carbons (Fsp3) is 0.304. The van der Waals surface area contributed by atoms with E-state index >= 15 is 0 Å². The first-order valence-corrected chi connectivity index (χ1v) is 10.1. The Hall–Kier alpha value is -3.19. The summed E-state index contributed by atoms with van der Waals surface area (Å²) in [6.45, 7) is 2.62. The average molecular weight is 408 g/mol. The number of hydrogen-bond donors (Lipinski definition) is 1. The van der Waals surface area contributed by atoms with E-state index in [1.807, 2.05) is 18.2 Å². The van der Waals surface area contributed by atoms with Gasteiger partial charge in [0.05, 0.1) is 7.11 Å². The molecule has 7 heteroatoms. The van der Waals surface area contributed by atoms with Crippen LogP contribution in [0.1, 0.15) is 28.9 Å². The Bertz CT molecular complexity index is 1010. The van der Waals surface area contributed by atoms with E-state index in [-0.39, 0.29) is 23.5 Å². The predicted octanol–water partition coefficient (Wildman–Crippen LogP) is 3.41. The number of likely N-dealkylation sites (tertiary alicyclic amines) is 1. The minimum Gasteiger partial charge on any atom is -0.496 e. The highest BCUT2D eigenvalue weighted by Crippen LogP contribution is 2.21. The maximum Gasteiger partial charge on any atom is 0.272 e. The van der Waals surface area contributed by atoms with E-state index in [0.717, 1.165) is 38.2 Å². The lowest BCUT2D eigenvalue weighted by Crippen LogP contribution is -2.44. The number of benzene rings is 2. The van der Waals surface area contributed by atoms with Gasteiger partial charge in [0.25, 0.3) is 5.91 Å². The molecule has 30 heavy (non-hydrogen) atoms. The van der Waals surface area contributed by atoms with Crippen LogP contribution in [-0.2, 0) is 6.54 Å². The zero-order valence-corrected chi connectivity index (χ0v) is 16.9. The lowest BCUT2D eigenvalue weighted by molar-refractivity contribution is 0.0903. The van der Waals surface area contributed by atoms with Crippen molar-refractivity contribution >= 4 is 5.91 Å². The Kier molecular flexibility index (Phi) is 6.09. The van der Waals surface area contributed by atoms with Crippen molar-refractivity contribution in [2.45, 2.75) is 25.4 Å². The van der Waals surface area contributed by atoms with E-state index in [0.29, 0.717) is 5.69 Å². The minimum absolute atomic E-state index is 0.102. The van der Waals surface area contributed by atoms with Gasteiger partial charge in [-0.2, -0.15) is 5.10 Å². The summed E-state index contributed by atoms with van der Waals surface area (Å²) in [4.78, 5) is 15.0. The van der Waals surface area contributed by atoms with E-state index in [2.05, 4.69) is 21.4 Å². The van der Waals surface area contributed by atoms with Crippen LogP contribution in [0.5, 0.6) is 5.75 Å². The molecule has 6 nitrogen and oxygen atoms in total. The van der Waals surface area contributed by atoms with Crippen LogP contribution in [0.3, 0.4) is 0 Å². The van der Waals surface area contributed by atoms with Gasteiger partial charge in [0, 0.05) is 37.4 Å². The van der Waals surface area contributed by atoms with E-state index < -0.39 is 0 Å². The number of para-hydroxylation sites is 2. The van der Waals surface area contributed by atoms with Gasteiger partial charge in [-0.1, -0.05) is 30.3 Å². The monoisotopic (exact) mass is 408 g/mol. The van der Waals surface area contributed by atoms with Gasteiger partial charge in [0.2, 0.25) is 0 Å². The molecule has 0 saturated carbocycles. The third-order valence-corrected chi connectivity index (χ3v) is 5.43. The highest BCUT2D eigenvalue weighted by molar-refractivity contribution is 5.92. The molecule has 0 radical (unpaired) electrons. The minimum atomic E-state index is -0.380. The van der Waals surface area contributed by atoms with Crippen LogP contribution < -0.4 is 10.1 Å². The second kappa shape index (κ2) is 9.09.